The van der Waals surface area contributed by atoms with Gasteiger partial charge >= 0.3 is 92.1 Å². The molecule has 4 heteroatoms. The minimum Gasteiger partial charge on any atom is -0.153 e. The molecule has 232 valence electrons. The fourth-order valence-corrected chi connectivity index (χ4v) is 20.2. The van der Waals surface area contributed by atoms with Crippen molar-refractivity contribution >= 4 is 44.0 Å². The molecule has 0 nitrogen and oxygen atoms in total. The zero-order valence-electron chi connectivity index (χ0n) is 28.3. The Balaban J connectivity index is 0.000000222. The van der Waals surface area contributed by atoms with E-state index in [1.54, 1.807) is 0 Å². The first kappa shape index (κ1) is 37.5. The van der Waals surface area contributed by atoms with Crippen molar-refractivity contribution in [2.45, 2.75) is 133 Å². The third kappa shape index (κ3) is 10.2. The number of rotatable bonds is 10. The fourth-order valence-electron chi connectivity index (χ4n) is 5.89. The zero-order chi connectivity index (χ0) is 31.4. The van der Waals surface area contributed by atoms with Crippen molar-refractivity contribution in [2.24, 2.45) is 0 Å². The van der Waals surface area contributed by atoms with Gasteiger partial charge in [0.25, 0.3) is 0 Å². The van der Waals surface area contributed by atoms with E-state index < -0.39 is 18.0 Å². The van der Waals surface area contributed by atoms with Crippen LogP contribution in [0, 0.1) is 41.5 Å². The Labute approximate surface area is 273 Å². The van der Waals surface area contributed by atoms with Crippen molar-refractivity contribution in [2.75, 3.05) is 0 Å². The summed E-state index contributed by atoms with van der Waals surface area (Å²) in [5.74, 6) is 0. The molecule has 0 aromatic heterocycles. The molecule has 4 rings (SSSR count). The largest absolute Gasteiger partial charge is 0.153 e. The molecule has 0 saturated carbocycles. The molecule has 0 aliphatic carbocycles. The van der Waals surface area contributed by atoms with Gasteiger partial charge in [0.05, 0.1) is 0 Å². The average molecular weight is 703 g/mol. The van der Waals surface area contributed by atoms with Gasteiger partial charge in [-0.25, -0.2) is 0 Å². The van der Waals surface area contributed by atoms with Crippen molar-refractivity contribution in [1.82, 2.24) is 0 Å². The van der Waals surface area contributed by atoms with E-state index in [2.05, 4.69) is 106 Å². The van der Waals surface area contributed by atoms with Gasteiger partial charge in [-0.15, -0.1) is 68.1 Å². The Hall–Kier alpha value is -0.660. The standard InChI is InChI=1S/2C15H19.C8H18Si.2ClH.Zr/c2*1-5-6-13-8-7-10(2)14-9-11(3)12(4)15(13)14;1-3-5-7-9-8-6-4-2;;;/h2*7-9H,5-6H2,1-4H3;3-8H2,1-2H3;2*1H;/q2*-1;;;;+2/p-2. The van der Waals surface area contributed by atoms with Crippen LogP contribution in [-0.2, 0) is 30.8 Å². The quantitative estimate of drug-likeness (QED) is 0.114. The zero-order valence-corrected chi connectivity index (χ0v) is 33.3. The fraction of sp³-hybridized carbons (Fsp3) is 0.526. The summed E-state index contributed by atoms with van der Waals surface area (Å²) >= 11 is -1.82. The van der Waals surface area contributed by atoms with Crippen LogP contribution >= 0.6 is 17.0 Å². The van der Waals surface area contributed by atoms with Gasteiger partial charge in [-0.3, -0.25) is 0 Å². The number of benzene rings is 2. The monoisotopic (exact) mass is 700 g/mol. The van der Waals surface area contributed by atoms with Crippen LogP contribution in [0.4, 0.5) is 0 Å². The van der Waals surface area contributed by atoms with E-state index in [9.17, 15) is 0 Å². The van der Waals surface area contributed by atoms with E-state index in [1.807, 2.05) is 0 Å². The molecule has 0 atom stereocenters. The van der Waals surface area contributed by atoms with E-state index in [4.69, 9.17) is 17.0 Å². The summed E-state index contributed by atoms with van der Waals surface area (Å²) in [5.41, 5.74) is 11.4. The van der Waals surface area contributed by atoms with Gasteiger partial charge in [0.1, 0.15) is 0 Å². The Morgan fingerprint density at radius 1 is 0.595 bits per heavy atom. The molecule has 0 bridgehead atoms. The maximum atomic E-state index is 6.12. The van der Waals surface area contributed by atoms with Crippen LogP contribution in [0.2, 0.25) is 12.1 Å². The summed E-state index contributed by atoms with van der Waals surface area (Å²) in [7, 11) is 12.2. The summed E-state index contributed by atoms with van der Waals surface area (Å²) in [4.78, 5) is 0. The van der Waals surface area contributed by atoms with Gasteiger partial charge in [0.2, 0.25) is 0 Å². The normalized spacial score (nSPS) is 10.9. The number of hydrogen-bond donors (Lipinski definition) is 0. The third-order valence-electron chi connectivity index (χ3n) is 8.72. The van der Waals surface area contributed by atoms with Crippen molar-refractivity contribution in [3.63, 3.8) is 0 Å². The molecule has 0 fully saturated rings. The maximum Gasteiger partial charge on any atom is -0.0371 e. The average Bonchev–Trinajstić information content (AvgIpc) is 3.44. The van der Waals surface area contributed by atoms with E-state index in [0.717, 1.165) is 0 Å². The third-order valence-corrected chi connectivity index (χ3v) is 28.3. The number of aryl methyl sites for hydroxylation is 8. The maximum absolute atomic E-state index is 6.12. The van der Waals surface area contributed by atoms with Gasteiger partial charge in [-0.1, -0.05) is 91.5 Å². The van der Waals surface area contributed by atoms with E-state index >= 15 is 0 Å². The molecule has 4 aromatic rings. The van der Waals surface area contributed by atoms with Crippen LogP contribution in [0.25, 0.3) is 21.5 Å². The minimum atomic E-state index is -1.82. The SMILES string of the molecule is CCCC[Si](CCCC)=[Zr]([Cl])[Cl].CCCc1ccc(C)c2[cH-]c(C)c(C)c12.CCCc1ccc(C)c2[cH-]c(C)c(C)c12. The van der Waals surface area contributed by atoms with Crippen molar-refractivity contribution < 1.29 is 18.0 Å². The Kier molecular flexibility index (Phi) is 17.0. The van der Waals surface area contributed by atoms with Crippen LogP contribution in [-0.4, -0.2) is 5.43 Å². The predicted molar refractivity (Wildman–Crippen MR) is 192 cm³/mol. The van der Waals surface area contributed by atoms with Gasteiger partial charge in [0.15, 0.2) is 0 Å². The first-order chi connectivity index (χ1) is 20.0. The van der Waals surface area contributed by atoms with Crippen LogP contribution in [0.5, 0.6) is 0 Å². The first-order valence-electron chi connectivity index (χ1n) is 16.3. The molecule has 0 radical (unpaired) electrons. The minimum absolute atomic E-state index is 0.259. The second-order valence-corrected chi connectivity index (χ2v) is 33.2. The van der Waals surface area contributed by atoms with Gasteiger partial charge in [-0.2, -0.15) is 11.1 Å². The van der Waals surface area contributed by atoms with Crippen molar-refractivity contribution in [3.8, 4) is 0 Å². The van der Waals surface area contributed by atoms with E-state index in [-0.39, 0.29) is 5.43 Å². The van der Waals surface area contributed by atoms with Crippen LogP contribution in [0.1, 0.15) is 111 Å². The number of unbranched alkanes of at least 4 members (excludes halogenated alkanes) is 2. The Morgan fingerprint density at radius 2 is 0.976 bits per heavy atom. The molecule has 0 heterocycles. The summed E-state index contributed by atoms with van der Waals surface area (Å²) in [6.07, 6.45) is 10.1. The van der Waals surface area contributed by atoms with Gasteiger partial charge < -0.3 is 0 Å². The second-order valence-electron chi connectivity index (χ2n) is 12.1. The number of hydrogen-bond acceptors (Lipinski definition) is 0. The topological polar surface area (TPSA) is 0 Å². The molecule has 0 amide bonds. The van der Waals surface area contributed by atoms with Crippen LogP contribution < -0.4 is 0 Å². The number of halogens is 2. The predicted octanol–water partition coefficient (Wildman–Crippen LogP) is 13.4. The van der Waals surface area contributed by atoms with Crippen LogP contribution in [0.15, 0.2) is 36.4 Å². The second kappa shape index (κ2) is 19.0. The molecule has 42 heavy (non-hydrogen) atoms. The molecular formula is C38H56Cl2SiZr-2. The Morgan fingerprint density at radius 3 is 1.29 bits per heavy atom. The van der Waals surface area contributed by atoms with Crippen molar-refractivity contribution in [1.29, 1.82) is 0 Å². The molecule has 0 aliphatic heterocycles. The molecule has 0 unspecified atom stereocenters. The first-order valence-corrected chi connectivity index (χ1v) is 28.3. The summed E-state index contributed by atoms with van der Waals surface area (Å²) in [6, 6.07) is 16.5. The molecular weight excluding hydrogens is 647 g/mol. The summed E-state index contributed by atoms with van der Waals surface area (Å²) in [5, 5.41) is 5.93. The Bertz CT molecular complexity index is 1350. The molecule has 0 spiro atoms. The van der Waals surface area contributed by atoms with Gasteiger partial charge in [-0.05, 0) is 12.8 Å². The molecule has 0 N–H and O–H groups in total. The molecule has 0 saturated heterocycles. The summed E-state index contributed by atoms with van der Waals surface area (Å²) in [6.45, 7) is 22.3. The van der Waals surface area contributed by atoms with Crippen molar-refractivity contribution in [3.05, 3.63) is 80.9 Å². The smallest absolute Gasteiger partial charge is 0.0371 e. The number of fused-ring (bicyclic) bond motifs is 2. The molecule has 4 aromatic carbocycles. The molecule has 0 aliphatic rings. The van der Waals surface area contributed by atoms with Gasteiger partial charge in [0, 0.05) is 0 Å². The van der Waals surface area contributed by atoms with E-state index in [1.165, 1.54) is 130 Å². The van der Waals surface area contributed by atoms with E-state index in [0.29, 0.717) is 0 Å². The van der Waals surface area contributed by atoms with Crippen LogP contribution in [0.3, 0.4) is 0 Å². The summed E-state index contributed by atoms with van der Waals surface area (Å²) < 4.78 is 0.